The van der Waals surface area contributed by atoms with Crippen LogP contribution in [-0.2, 0) is 9.59 Å². The molecule has 0 aliphatic carbocycles. The molecular weight excluding hydrogens is 352 g/mol. The second-order valence-corrected chi connectivity index (χ2v) is 6.69. The molecule has 1 N–H and O–H groups in total. The molecule has 0 saturated heterocycles. The van der Waals surface area contributed by atoms with Crippen LogP contribution in [0.1, 0.15) is 6.42 Å². The van der Waals surface area contributed by atoms with Gasteiger partial charge in [-0.25, -0.2) is 0 Å². The number of carbonyl (C=O) groups excluding carboxylic acids is 2. The van der Waals surface area contributed by atoms with Crippen molar-refractivity contribution in [1.82, 2.24) is 0 Å². The predicted molar refractivity (Wildman–Crippen MR) is 102 cm³/mol. The molecule has 7 heteroatoms. The molecule has 1 heterocycles. The van der Waals surface area contributed by atoms with Gasteiger partial charge in [-0.15, -0.1) is 11.8 Å². The standard InChI is InChI=1S/C19H20N2O4S/c1-24-15-8-7-13(11-16(15)25-2)20-18(22)9-10-21-14-5-3-4-6-17(14)26-12-19(21)23/h3-8,11H,9-10,12H2,1-2H3,(H,20,22). The highest BCUT2D eigenvalue weighted by Crippen LogP contribution is 2.35. The zero-order valence-electron chi connectivity index (χ0n) is 14.7. The van der Waals surface area contributed by atoms with Gasteiger partial charge in [0.25, 0.3) is 0 Å². The zero-order chi connectivity index (χ0) is 18.5. The summed E-state index contributed by atoms with van der Waals surface area (Å²) in [5.41, 5.74) is 1.49. The fourth-order valence-electron chi connectivity index (χ4n) is 2.75. The van der Waals surface area contributed by atoms with Gasteiger partial charge in [-0.3, -0.25) is 9.59 Å². The van der Waals surface area contributed by atoms with Crippen molar-refractivity contribution in [2.24, 2.45) is 0 Å². The Bertz CT molecular complexity index is 825. The van der Waals surface area contributed by atoms with E-state index in [9.17, 15) is 9.59 Å². The second-order valence-electron chi connectivity index (χ2n) is 5.67. The highest BCUT2D eigenvalue weighted by molar-refractivity contribution is 8.00. The average Bonchev–Trinajstić information content (AvgIpc) is 2.67. The first-order valence-electron chi connectivity index (χ1n) is 8.16. The van der Waals surface area contributed by atoms with E-state index in [0.717, 1.165) is 10.6 Å². The molecule has 0 atom stereocenters. The summed E-state index contributed by atoms with van der Waals surface area (Å²) < 4.78 is 10.4. The Morgan fingerprint density at radius 3 is 2.69 bits per heavy atom. The molecular formula is C19H20N2O4S. The first kappa shape index (κ1) is 18.1. The predicted octanol–water partition coefficient (Wildman–Crippen LogP) is 3.17. The number of nitrogens with zero attached hydrogens (tertiary/aromatic N) is 1. The molecule has 1 aliphatic rings. The van der Waals surface area contributed by atoms with E-state index in [2.05, 4.69) is 5.32 Å². The molecule has 0 saturated carbocycles. The van der Waals surface area contributed by atoms with Crippen LogP contribution in [0.2, 0.25) is 0 Å². The number of hydrogen-bond acceptors (Lipinski definition) is 5. The van der Waals surface area contributed by atoms with Crippen LogP contribution < -0.4 is 19.7 Å². The quantitative estimate of drug-likeness (QED) is 0.844. The Balaban J connectivity index is 1.64. The average molecular weight is 372 g/mol. The monoisotopic (exact) mass is 372 g/mol. The van der Waals surface area contributed by atoms with Gasteiger partial charge in [0.15, 0.2) is 11.5 Å². The lowest BCUT2D eigenvalue weighted by Crippen LogP contribution is -2.37. The van der Waals surface area contributed by atoms with Gasteiger partial charge in [0.05, 0.1) is 25.7 Å². The van der Waals surface area contributed by atoms with E-state index in [4.69, 9.17) is 9.47 Å². The number of thioether (sulfide) groups is 1. The fraction of sp³-hybridized carbons (Fsp3) is 0.263. The minimum atomic E-state index is -0.166. The van der Waals surface area contributed by atoms with Gasteiger partial charge in [-0.2, -0.15) is 0 Å². The lowest BCUT2D eigenvalue weighted by Gasteiger charge is -2.28. The third-order valence-corrected chi connectivity index (χ3v) is 5.09. The number of anilines is 2. The summed E-state index contributed by atoms with van der Waals surface area (Å²) >= 11 is 1.53. The highest BCUT2D eigenvalue weighted by Gasteiger charge is 2.24. The van der Waals surface area contributed by atoms with Crippen LogP contribution in [0.15, 0.2) is 47.4 Å². The topological polar surface area (TPSA) is 67.9 Å². The van der Waals surface area contributed by atoms with Crippen molar-refractivity contribution < 1.29 is 19.1 Å². The Labute approximate surface area is 156 Å². The molecule has 0 unspecified atom stereocenters. The number of nitrogens with one attached hydrogen (secondary N) is 1. The molecule has 2 aromatic rings. The van der Waals surface area contributed by atoms with E-state index in [1.807, 2.05) is 24.3 Å². The molecule has 0 fully saturated rings. The number of methoxy groups -OCH3 is 2. The molecule has 2 aromatic carbocycles. The molecule has 0 radical (unpaired) electrons. The van der Waals surface area contributed by atoms with Gasteiger partial charge in [-0.1, -0.05) is 12.1 Å². The maximum atomic E-state index is 12.3. The van der Waals surface area contributed by atoms with Gasteiger partial charge >= 0.3 is 0 Å². The number of benzene rings is 2. The summed E-state index contributed by atoms with van der Waals surface area (Å²) in [5, 5.41) is 2.83. The summed E-state index contributed by atoms with van der Waals surface area (Å²) in [6, 6.07) is 12.9. The molecule has 0 spiro atoms. The van der Waals surface area contributed by atoms with Crippen molar-refractivity contribution in [3.05, 3.63) is 42.5 Å². The molecule has 136 valence electrons. The SMILES string of the molecule is COc1ccc(NC(=O)CCN2C(=O)CSc3ccccc32)cc1OC. The lowest BCUT2D eigenvalue weighted by molar-refractivity contribution is -0.117. The van der Waals surface area contributed by atoms with Crippen molar-refractivity contribution >= 4 is 35.0 Å². The maximum Gasteiger partial charge on any atom is 0.237 e. The van der Waals surface area contributed by atoms with Gasteiger partial charge in [0.2, 0.25) is 11.8 Å². The van der Waals surface area contributed by atoms with Gasteiger partial charge in [-0.05, 0) is 24.3 Å². The second kappa shape index (κ2) is 8.14. The van der Waals surface area contributed by atoms with Crippen LogP contribution in [0.4, 0.5) is 11.4 Å². The number of carbonyl (C=O) groups is 2. The molecule has 0 aromatic heterocycles. The van der Waals surface area contributed by atoms with Gasteiger partial charge in [0.1, 0.15) is 0 Å². The molecule has 26 heavy (non-hydrogen) atoms. The first-order valence-corrected chi connectivity index (χ1v) is 9.15. The number of amides is 2. The van der Waals surface area contributed by atoms with E-state index < -0.39 is 0 Å². The smallest absolute Gasteiger partial charge is 0.237 e. The van der Waals surface area contributed by atoms with Crippen LogP contribution in [0.25, 0.3) is 0 Å². The van der Waals surface area contributed by atoms with Crippen molar-refractivity contribution in [3.8, 4) is 11.5 Å². The van der Waals surface area contributed by atoms with E-state index in [0.29, 0.717) is 29.5 Å². The normalized spacial score (nSPS) is 13.2. The van der Waals surface area contributed by atoms with E-state index in [1.165, 1.54) is 11.8 Å². The fourth-order valence-corrected chi connectivity index (χ4v) is 3.69. The van der Waals surface area contributed by atoms with Crippen LogP contribution >= 0.6 is 11.8 Å². The number of fused-ring (bicyclic) bond motifs is 1. The summed E-state index contributed by atoms with van der Waals surface area (Å²) in [7, 11) is 3.10. The van der Waals surface area contributed by atoms with E-state index >= 15 is 0 Å². The van der Waals surface area contributed by atoms with E-state index in [-0.39, 0.29) is 18.2 Å². The minimum absolute atomic E-state index is 0.0209. The van der Waals surface area contributed by atoms with Crippen LogP contribution in [0, 0.1) is 0 Å². The number of para-hydroxylation sites is 1. The van der Waals surface area contributed by atoms with Crippen molar-refractivity contribution in [2.45, 2.75) is 11.3 Å². The van der Waals surface area contributed by atoms with Crippen LogP contribution in [0.3, 0.4) is 0 Å². The van der Waals surface area contributed by atoms with E-state index in [1.54, 1.807) is 37.3 Å². The lowest BCUT2D eigenvalue weighted by atomic mass is 10.2. The van der Waals surface area contributed by atoms with Crippen molar-refractivity contribution in [3.63, 3.8) is 0 Å². The molecule has 3 rings (SSSR count). The van der Waals surface area contributed by atoms with Crippen molar-refractivity contribution in [2.75, 3.05) is 36.7 Å². The molecule has 2 amide bonds. The Kier molecular flexibility index (Phi) is 5.68. The highest BCUT2D eigenvalue weighted by atomic mass is 32.2. The first-order chi connectivity index (χ1) is 12.6. The number of rotatable bonds is 6. The Morgan fingerprint density at radius 2 is 1.92 bits per heavy atom. The third-order valence-electron chi connectivity index (χ3n) is 4.04. The number of hydrogen-bond donors (Lipinski definition) is 1. The van der Waals surface area contributed by atoms with Crippen LogP contribution in [-0.4, -0.2) is 38.3 Å². The largest absolute Gasteiger partial charge is 0.493 e. The molecule has 1 aliphatic heterocycles. The number of ether oxygens (including phenoxy) is 2. The van der Waals surface area contributed by atoms with Gasteiger partial charge < -0.3 is 19.7 Å². The summed E-state index contributed by atoms with van der Waals surface area (Å²) in [5.74, 6) is 1.39. The summed E-state index contributed by atoms with van der Waals surface area (Å²) in [4.78, 5) is 27.3. The third kappa shape index (κ3) is 3.94. The summed E-state index contributed by atoms with van der Waals surface area (Å²) in [6.07, 6.45) is 0.207. The Morgan fingerprint density at radius 1 is 1.15 bits per heavy atom. The molecule has 0 bridgehead atoms. The van der Waals surface area contributed by atoms with Crippen molar-refractivity contribution in [1.29, 1.82) is 0 Å². The Hall–Kier alpha value is -2.67. The molecule has 6 nitrogen and oxygen atoms in total. The van der Waals surface area contributed by atoms with Gasteiger partial charge in [0, 0.05) is 29.6 Å². The maximum absolute atomic E-state index is 12.3. The van der Waals surface area contributed by atoms with Crippen LogP contribution in [0.5, 0.6) is 11.5 Å². The minimum Gasteiger partial charge on any atom is -0.493 e. The summed E-state index contributed by atoms with van der Waals surface area (Å²) in [6.45, 7) is 0.343. The zero-order valence-corrected chi connectivity index (χ0v) is 15.5.